The summed E-state index contributed by atoms with van der Waals surface area (Å²) >= 11 is 0. The highest BCUT2D eigenvalue weighted by molar-refractivity contribution is 5.76. The van der Waals surface area contributed by atoms with Crippen LogP contribution in [0, 0.1) is 5.82 Å². The number of nitrogens with one attached hydrogen (secondary N) is 1. The van der Waals surface area contributed by atoms with Gasteiger partial charge in [0.1, 0.15) is 11.6 Å². The van der Waals surface area contributed by atoms with Crippen LogP contribution in [0.3, 0.4) is 0 Å². The average Bonchev–Trinajstić information content (AvgIpc) is 3.33. The lowest BCUT2D eigenvalue weighted by Crippen LogP contribution is -2.34. The predicted molar refractivity (Wildman–Crippen MR) is 98.4 cm³/mol. The second-order valence-electron chi connectivity index (χ2n) is 6.42. The Bertz CT molecular complexity index is 857. The molecule has 0 spiro atoms. The molecule has 0 aliphatic carbocycles. The smallest absolute Gasteiger partial charge is 0.220 e. The molecule has 6 nitrogen and oxygen atoms in total. The summed E-state index contributed by atoms with van der Waals surface area (Å²) in [6, 6.07) is 9.67. The molecule has 0 unspecified atom stereocenters. The third-order valence-corrected chi connectivity index (χ3v) is 4.24. The van der Waals surface area contributed by atoms with Gasteiger partial charge in [0.15, 0.2) is 11.7 Å². The van der Waals surface area contributed by atoms with Crippen LogP contribution in [-0.4, -0.2) is 36.4 Å². The predicted octanol–water partition coefficient (Wildman–Crippen LogP) is 3.43. The van der Waals surface area contributed by atoms with E-state index >= 15 is 0 Å². The van der Waals surface area contributed by atoms with Crippen LogP contribution in [0.25, 0.3) is 11.3 Å². The average molecular weight is 371 g/mol. The van der Waals surface area contributed by atoms with E-state index in [2.05, 4.69) is 10.3 Å². The van der Waals surface area contributed by atoms with E-state index in [9.17, 15) is 9.18 Å². The van der Waals surface area contributed by atoms with E-state index in [-0.39, 0.29) is 24.2 Å². The number of carbonyl (C=O) groups excluding carboxylic acids is 1. The number of aryl methyl sites for hydroxylation is 1. The molecule has 27 heavy (non-hydrogen) atoms. The van der Waals surface area contributed by atoms with Crippen molar-refractivity contribution in [2.24, 2.45) is 0 Å². The summed E-state index contributed by atoms with van der Waals surface area (Å²) in [5, 5.41) is 2.92. The van der Waals surface area contributed by atoms with Crippen molar-refractivity contribution in [3.05, 3.63) is 66.3 Å². The molecule has 1 atom stereocenters. The summed E-state index contributed by atoms with van der Waals surface area (Å²) in [6.07, 6.45) is 3.86. The van der Waals surface area contributed by atoms with Crippen LogP contribution in [0.15, 0.2) is 57.7 Å². The van der Waals surface area contributed by atoms with Gasteiger partial charge in [-0.25, -0.2) is 9.37 Å². The summed E-state index contributed by atoms with van der Waals surface area (Å²) in [7, 11) is 3.87. The molecule has 0 saturated carbocycles. The Morgan fingerprint density at radius 2 is 2.04 bits per heavy atom. The molecule has 2 aromatic heterocycles. The lowest BCUT2D eigenvalue weighted by atomic mass is 10.2. The van der Waals surface area contributed by atoms with Crippen LogP contribution in [0.1, 0.15) is 24.1 Å². The number of rotatable bonds is 8. The molecular formula is C20H22FN3O3. The lowest BCUT2D eigenvalue weighted by molar-refractivity contribution is -0.121. The van der Waals surface area contributed by atoms with E-state index in [0.29, 0.717) is 24.6 Å². The fraction of sp³-hybridized carbons (Fsp3) is 0.300. The Morgan fingerprint density at radius 3 is 2.70 bits per heavy atom. The lowest BCUT2D eigenvalue weighted by Gasteiger charge is -2.22. The Balaban J connectivity index is 1.50. The summed E-state index contributed by atoms with van der Waals surface area (Å²) in [4.78, 5) is 18.3. The van der Waals surface area contributed by atoms with Gasteiger partial charge in [0.05, 0.1) is 18.5 Å². The van der Waals surface area contributed by atoms with Crippen molar-refractivity contribution in [1.82, 2.24) is 15.2 Å². The summed E-state index contributed by atoms with van der Waals surface area (Å²) in [5.41, 5.74) is 0.742. The molecule has 0 bridgehead atoms. The number of aromatic nitrogens is 1. The van der Waals surface area contributed by atoms with Crippen molar-refractivity contribution in [1.29, 1.82) is 0 Å². The summed E-state index contributed by atoms with van der Waals surface area (Å²) in [5.74, 6) is 1.43. The molecule has 1 aromatic carbocycles. The fourth-order valence-corrected chi connectivity index (χ4v) is 2.71. The first-order valence-electron chi connectivity index (χ1n) is 8.70. The molecule has 0 radical (unpaired) electrons. The van der Waals surface area contributed by atoms with Gasteiger partial charge in [0, 0.05) is 24.9 Å². The standard InChI is InChI=1S/C20H22FN3O3/c1-24(2)16(17-4-3-11-26-17)12-22-19(25)9-10-20-23-13-18(27-20)14-5-7-15(21)8-6-14/h3-8,11,13,16H,9-10,12H2,1-2H3,(H,22,25)/t16-/m1/s1. The highest BCUT2D eigenvalue weighted by atomic mass is 19.1. The third-order valence-electron chi connectivity index (χ3n) is 4.24. The molecule has 7 heteroatoms. The first-order valence-corrected chi connectivity index (χ1v) is 8.70. The molecule has 2 heterocycles. The van der Waals surface area contributed by atoms with Crippen LogP contribution in [0.4, 0.5) is 4.39 Å². The number of likely N-dealkylation sites (N-methyl/N-ethyl adjacent to an activating group) is 1. The largest absolute Gasteiger partial charge is 0.468 e. The van der Waals surface area contributed by atoms with Gasteiger partial charge in [0.2, 0.25) is 5.91 Å². The van der Waals surface area contributed by atoms with Crippen LogP contribution >= 0.6 is 0 Å². The van der Waals surface area contributed by atoms with Crippen molar-refractivity contribution < 1.29 is 18.0 Å². The highest BCUT2D eigenvalue weighted by Crippen LogP contribution is 2.21. The van der Waals surface area contributed by atoms with Crippen LogP contribution in [-0.2, 0) is 11.2 Å². The Morgan fingerprint density at radius 1 is 1.26 bits per heavy atom. The number of nitrogens with zero attached hydrogens (tertiary/aromatic N) is 2. The van der Waals surface area contributed by atoms with E-state index in [1.807, 2.05) is 31.1 Å². The quantitative estimate of drug-likeness (QED) is 0.657. The molecule has 1 N–H and O–H groups in total. The van der Waals surface area contributed by atoms with Crippen LogP contribution in [0.5, 0.6) is 0 Å². The van der Waals surface area contributed by atoms with Gasteiger partial charge < -0.3 is 14.2 Å². The minimum Gasteiger partial charge on any atom is -0.468 e. The van der Waals surface area contributed by atoms with Gasteiger partial charge in [-0.3, -0.25) is 9.69 Å². The van der Waals surface area contributed by atoms with Crippen LogP contribution < -0.4 is 5.32 Å². The molecule has 3 aromatic rings. The molecule has 0 aliphatic rings. The zero-order valence-electron chi connectivity index (χ0n) is 15.3. The Labute approximate surface area is 157 Å². The number of benzene rings is 1. The number of hydrogen-bond acceptors (Lipinski definition) is 5. The SMILES string of the molecule is CN(C)[C@H](CNC(=O)CCc1ncc(-c2ccc(F)cc2)o1)c1ccco1. The second-order valence-corrected chi connectivity index (χ2v) is 6.42. The molecular weight excluding hydrogens is 349 g/mol. The van der Waals surface area contributed by atoms with Crippen molar-refractivity contribution >= 4 is 5.91 Å². The maximum Gasteiger partial charge on any atom is 0.220 e. The third kappa shape index (κ3) is 5.04. The number of halogens is 1. The molecule has 3 rings (SSSR count). The minimum atomic E-state index is -0.305. The Hall–Kier alpha value is -2.93. The number of hydrogen-bond donors (Lipinski definition) is 1. The molecule has 0 fully saturated rings. The second kappa shape index (κ2) is 8.64. The Kier molecular flexibility index (Phi) is 6.03. The van der Waals surface area contributed by atoms with Crippen molar-refractivity contribution in [2.45, 2.75) is 18.9 Å². The monoisotopic (exact) mass is 371 g/mol. The minimum absolute atomic E-state index is 0.0317. The van der Waals surface area contributed by atoms with E-state index in [4.69, 9.17) is 8.83 Å². The van der Waals surface area contributed by atoms with Crippen molar-refractivity contribution in [2.75, 3.05) is 20.6 Å². The maximum atomic E-state index is 13.0. The summed E-state index contributed by atoms with van der Waals surface area (Å²) < 4.78 is 24.1. The van der Waals surface area contributed by atoms with Gasteiger partial charge >= 0.3 is 0 Å². The van der Waals surface area contributed by atoms with Gasteiger partial charge in [-0.15, -0.1) is 0 Å². The van der Waals surface area contributed by atoms with E-state index in [0.717, 1.165) is 11.3 Å². The van der Waals surface area contributed by atoms with Gasteiger partial charge in [0.25, 0.3) is 0 Å². The van der Waals surface area contributed by atoms with Gasteiger partial charge in [-0.05, 0) is 50.5 Å². The van der Waals surface area contributed by atoms with Crippen molar-refractivity contribution in [3.8, 4) is 11.3 Å². The first-order chi connectivity index (χ1) is 13.0. The zero-order valence-corrected chi connectivity index (χ0v) is 15.3. The van der Waals surface area contributed by atoms with Gasteiger partial charge in [-0.2, -0.15) is 0 Å². The molecule has 0 saturated heterocycles. The molecule has 1 amide bonds. The molecule has 142 valence electrons. The fourth-order valence-electron chi connectivity index (χ4n) is 2.71. The van der Waals surface area contributed by atoms with E-state index in [1.54, 1.807) is 24.6 Å². The van der Waals surface area contributed by atoms with E-state index < -0.39 is 0 Å². The summed E-state index contributed by atoms with van der Waals surface area (Å²) in [6.45, 7) is 0.450. The topological polar surface area (TPSA) is 71.5 Å². The molecule has 0 aliphatic heterocycles. The van der Waals surface area contributed by atoms with Crippen LogP contribution in [0.2, 0.25) is 0 Å². The maximum absolute atomic E-state index is 13.0. The van der Waals surface area contributed by atoms with Crippen molar-refractivity contribution in [3.63, 3.8) is 0 Å². The number of oxazole rings is 1. The first kappa shape index (κ1) is 18.8. The highest BCUT2D eigenvalue weighted by Gasteiger charge is 2.18. The normalized spacial score (nSPS) is 12.3. The number of amides is 1. The van der Waals surface area contributed by atoms with E-state index in [1.165, 1.54) is 12.1 Å². The van der Waals surface area contributed by atoms with Gasteiger partial charge in [-0.1, -0.05) is 0 Å². The number of furan rings is 1. The number of carbonyl (C=O) groups is 1. The zero-order chi connectivity index (χ0) is 19.2.